The quantitative estimate of drug-likeness (QED) is 0.916. The number of nitrogens with zero attached hydrogens (tertiary/aromatic N) is 2. The summed E-state index contributed by atoms with van der Waals surface area (Å²) in [4.78, 5) is 4.09. The predicted octanol–water partition coefficient (Wildman–Crippen LogP) is 3.04. The summed E-state index contributed by atoms with van der Waals surface area (Å²) in [5.74, 6) is 0.555. The number of aromatic nitrogens is 2. The molecular weight excluding hydrogens is 264 g/mol. The van der Waals surface area contributed by atoms with E-state index in [4.69, 9.17) is 16.3 Å². The van der Waals surface area contributed by atoms with Crippen LogP contribution >= 0.6 is 11.6 Å². The second-order valence-corrected chi connectivity index (χ2v) is 4.72. The molecule has 0 aliphatic rings. The van der Waals surface area contributed by atoms with E-state index in [9.17, 15) is 5.11 Å². The molecule has 0 aliphatic heterocycles. The van der Waals surface area contributed by atoms with Gasteiger partial charge in [-0.2, -0.15) is 0 Å². The van der Waals surface area contributed by atoms with Crippen LogP contribution in [0.15, 0.2) is 30.7 Å². The van der Waals surface area contributed by atoms with Crippen molar-refractivity contribution < 1.29 is 9.84 Å². The summed E-state index contributed by atoms with van der Waals surface area (Å²) < 4.78 is 7.12. The van der Waals surface area contributed by atoms with E-state index >= 15 is 0 Å². The number of methoxy groups -OCH3 is 1. The van der Waals surface area contributed by atoms with Gasteiger partial charge in [-0.05, 0) is 24.1 Å². The Labute approximate surface area is 117 Å². The molecule has 4 nitrogen and oxygen atoms in total. The lowest BCUT2D eigenvalue weighted by molar-refractivity contribution is 0.209. The highest BCUT2D eigenvalue weighted by Gasteiger charge is 2.16. The smallest absolute Gasteiger partial charge is 0.137 e. The number of hydrogen-bond donors (Lipinski definition) is 1. The van der Waals surface area contributed by atoms with Crippen molar-refractivity contribution in [3.8, 4) is 5.75 Å². The molecular formula is C14H17ClN2O2. The molecule has 1 heterocycles. The molecule has 0 radical (unpaired) electrons. The fraction of sp³-hybridized carbons (Fsp3) is 0.357. The summed E-state index contributed by atoms with van der Waals surface area (Å²) in [6.45, 7) is 2.92. The summed E-state index contributed by atoms with van der Waals surface area (Å²) in [5.41, 5.74) is 1.50. The van der Waals surface area contributed by atoms with Crippen LogP contribution in [0.1, 0.15) is 30.7 Å². The van der Waals surface area contributed by atoms with Crippen LogP contribution < -0.4 is 4.74 Å². The van der Waals surface area contributed by atoms with Crippen LogP contribution in [0, 0.1) is 0 Å². The summed E-state index contributed by atoms with van der Waals surface area (Å²) >= 11 is 5.98. The molecule has 2 aromatic rings. The Balaban J connectivity index is 2.32. The van der Waals surface area contributed by atoms with E-state index in [0.717, 1.165) is 24.2 Å². The second kappa shape index (κ2) is 6.08. The average Bonchev–Trinajstić information content (AvgIpc) is 2.87. The number of aryl methyl sites for hydroxylation is 1. The summed E-state index contributed by atoms with van der Waals surface area (Å²) in [7, 11) is 1.55. The molecule has 1 atom stereocenters. The van der Waals surface area contributed by atoms with Gasteiger partial charge in [0.15, 0.2) is 0 Å². The number of benzene rings is 1. The van der Waals surface area contributed by atoms with Crippen molar-refractivity contribution in [3.05, 3.63) is 47.0 Å². The highest BCUT2D eigenvalue weighted by Crippen LogP contribution is 2.30. The SMILES string of the molecule is CCCn1cncc1C(O)c1ccc(Cl)c(OC)c1. The Kier molecular flexibility index (Phi) is 4.45. The Morgan fingerprint density at radius 3 is 2.95 bits per heavy atom. The molecule has 0 saturated heterocycles. The van der Waals surface area contributed by atoms with Crippen LogP contribution in [0.25, 0.3) is 0 Å². The van der Waals surface area contributed by atoms with E-state index in [1.54, 1.807) is 37.8 Å². The fourth-order valence-electron chi connectivity index (χ4n) is 2.00. The van der Waals surface area contributed by atoms with Crippen molar-refractivity contribution in [3.63, 3.8) is 0 Å². The van der Waals surface area contributed by atoms with Crippen LogP contribution in [0.4, 0.5) is 0 Å². The molecule has 1 unspecified atom stereocenters. The number of rotatable bonds is 5. The van der Waals surface area contributed by atoms with Gasteiger partial charge < -0.3 is 14.4 Å². The molecule has 2 rings (SSSR count). The minimum atomic E-state index is -0.736. The Bertz CT molecular complexity index is 554. The normalized spacial score (nSPS) is 12.4. The highest BCUT2D eigenvalue weighted by molar-refractivity contribution is 6.32. The van der Waals surface area contributed by atoms with Gasteiger partial charge in [-0.1, -0.05) is 24.6 Å². The molecule has 0 fully saturated rings. The maximum Gasteiger partial charge on any atom is 0.137 e. The van der Waals surface area contributed by atoms with E-state index in [2.05, 4.69) is 11.9 Å². The van der Waals surface area contributed by atoms with Gasteiger partial charge in [0.2, 0.25) is 0 Å². The number of aliphatic hydroxyl groups excluding tert-OH is 1. The lowest BCUT2D eigenvalue weighted by atomic mass is 10.1. The van der Waals surface area contributed by atoms with E-state index in [0.29, 0.717) is 10.8 Å². The van der Waals surface area contributed by atoms with Crippen LogP contribution in [0.2, 0.25) is 5.02 Å². The van der Waals surface area contributed by atoms with Gasteiger partial charge in [0.05, 0.1) is 30.4 Å². The van der Waals surface area contributed by atoms with E-state index in [1.165, 1.54) is 0 Å². The van der Waals surface area contributed by atoms with Gasteiger partial charge in [0.1, 0.15) is 11.9 Å². The fourth-order valence-corrected chi connectivity index (χ4v) is 2.20. The Hall–Kier alpha value is -1.52. The number of aliphatic hydroxyl groups is 1. The first kappa shape index (κ1) is 13.9. The van der Waals surface area contributed by atoms with E-state index in [-0.39, 0.29) is 0 Å². The number of hydrogen-bond acceptors (Lipinski definition) is 3. The standard InChI is InChI=1S/C14H17ClN2O2/c1-3-6-17-9-16-8-12(17)14(18)10-4-5-11(15)13(7-10)19-2/h4-5,7-9,14,18H,3,6H2,1-2H3. The monoisotopic (exact) mass is 280 g/mol. The number of imidazole rings is 1. The summed E-state index contributed by atoms with van der Waals surface area (Å²) in [5, 5.41) is 11.0. The zero-order valence-electron chi connectivity index (χ0n) is 11.0. The van der Waals surface area contributed by atoms with Crippen molar-refractivity contribution in [2.75, 3.05) is 7.11 Å². The summed E-state index contributed by atoms with van der Waals surface area (Å²) in [6, 6.07) is 5.26. The Morgan fingerprint density at radius 2 is 2.26 bits per heavy atom. The highest BCUT2D eigenvalue weighted by atomic mass is 35.5. The van der Waals surface area contributed by atoms with Gasteiger partial charge in [0, 0.05) is 6.54 Å². The number of ether oxygens (including phenoxy) is 1. The lowest BCUT2D eigenvalue weighted by Gasteiger charge is -2.15. The van der Waals surface area contributed by atoms with Crippen LogP contribution in [0.5, 0.6) is 5.75 Å². The molecule has 0 spiro atoms. The third-order valence-electron chi connectivity index (χ3n) is 2.98. The van der Waals surface area contributed by atoms with Gasteiger partial charge in [-0.3, -0.25) is 0 Å². The molecule has 1 aromatic heterocycles. The zero-order chi connectivity index (χ0) is 13.8. The molecule has 1 N–H and O–H groups in total. The van der Waals surface area contributed by atoms with Crippen molar-refractivity contribution in [2.45, 2.75) is 26.0 Å². The molecule has 5 heteroatoms. The van der Waals surface area contributed by atoms with Crippen molar-refractivity contribution in [1.82, 2.24) is 9.55 Å². The second-order valence-electron chi connectivity index (χ2n) is 4.31. The largest absolute Gasteiger partial charge is 0.495 e. The summed E-state index contributed by atoms with van der Waals surface area (Å²) in [6.07, 6.45) is 3.66. The molecule has 0 amide bonds. The molecule has 19 heavy (non-hydrogen) atoms. The van der Waals surface area contributed by atoms with Crippen molar-refractivity contribution in [1.29, 1.82) is 0 Å². The third-order valence-corrected chi connectivity index (χ3v) is 3.29. The van der Waals surface area contributed by atoms with Gasteiger partial charge in [-0.25, -0.2) is 4.98 Å². The van der Waals surface area contributed by atoms with Crippen LogP contribution in [0.3, 0.4) is 0 Å². The molecule has 102 valence electrons. The number of halogens is 1. The van der Waals surface area contributed by atoms with Crippen LogP contribution in [-0.2, 0) is 6.54 Å². The van der Waals surface area contributed by atoms with E-state index in [1.807, 2.05) is 4.57 Å². The molecule has 1 aromatic carbocycles. The minimum Gasteiger partial charge on any atom is -0.495 e. The predicted molar refractivity (Wildman–Crippen MR) is 74.6 cm³/mol. The van der Waals surface area contributed by atoms with Gasteiger partial charge in [-0.15, -0.1) is 0 Å². The zero-order valence-corrected chi connectivity index (χ0v) is 11.8. The minimum absolute atomic E-state index is 0.528. The first-order chi connectivity index (χ1) is 9.17. The third kappa shape index (κ3) is 2.91. The van der Waals surface area contributed by atoms with Gasteiger partial charge >= 0.3 is 0 Å². The van der Waals surface area contributed by atoms with E-state index < -0.39 is 6.10 Å². The van der Waals surface area contributed by atoms with Crippen molar-refractivity contribution in [2.24, 2.45) is 0 Å². The topological polar surface area (TPSA) is 47.3 Å². The molecule has 0 saturated carbocycles. The maximum absolute atomic E-state index is 10.4. The van der Waals surface area contributed by atoms with Gasteiger partial charge in [0.25, 0.3) is 0 Å². The van der Waals surface area contributed by atoms with Crippen molar-refractivity contribution >= 4 is 11.6 Å². The first-order valence-corrected chi connectivity index (χ1v) is 6.56. The first-order valence-electron chi connectivity index (χ1n) is 6.19. The Morgan fingerprint density at radius 1 is 1.47 bits per heavy atom. The average molecular weight is 281 g/mol. The lowest BCUT2D eigenvalue weighted by Crippen LogP contribution is -2.08. The maximum atomic E-state index is 10.4. The molecule has 0 aliphatic carbocycles. The van der Waals surface area contributed by atoms with Crippen LogP contribution in [-0.4, -0.2) is 21.8 Å². The molecule has 0 bridgehead atoms.